The normalized spacial score (nSPS) is 11.4. The number of rotatable bonds is 4. The number of anilines is 1. The van der Waals surface area contributed by atoms with Crippen LogP contribution in [0.15, 0.2) is 32.9 Å². The Bertz CT molecular complexity index is 817. The molecule has 112 valence electrons. The maximum atomic E-state index is 13.3. The van der Waals surface area contributed by atoms with Crippen molar-refractivity contribution in [2.75, 3.05) is 4.72 Å². The third kappa shape index (κ3) is 3.42. The van der Waals surface area contributed by atoms with Crippen LogP contribution in [0.2, 0.25) is 0 Å². The first-order valence-corrected chi connectivity index (χ1v) is 8.61. The lowest BCUT2D eigenvalue weighted by Crippen LogP contribution is -2.12. The molecule has 0 saturated heterocycles. The van der Waals surface area contributed by atoms with Gasteiger partial charge < -0.3 is 5.11 Å². The van der Waals surface area contributed by atoms with Gasteiger partial charge in [-0.15, -0.1) is 11.3 Å². The number of thiophene rings is 1. The summed E-state index contributed by atoms with van der Waals surface area (Å²) in [6.07, 6.45) is 0. The molecule has 1 aromatic carbocycles. The summed E-state index contributed by atoms with van der Waals surface area (Å²) < 4.78 is 40.0. The average molecular weight is 394 g/mol. The third-order valence-electron chi connectivity index (χ3n) is 2.57. The first kappa shape index (κ1) is 15.9. The lowest BCUT2D eigenvalue weighted by atomic mass is 10.2. The van der Waals surface area contributed by atoms with Crippen LogP contribution in [-0.4, -0.2) is 19.5 Å². The van der Waals surface area contributed by atoms with Crippen LogP contribution in [0.4, 0.5) is 10.1 Å². The summed E-state index contributed by atoms with van der Waals surface area (Å²) in [6.45, 7) is 1.56. The van der Waals surface area contributed by atoms with Crippen molar-refractivity contribution in [1.29, 1.82) is 0 Å². The first-order chi connectivity index (χ1) is 9.70. The fourth-order valence-corrected chi connectivity index (χ4v) is 4.14. The van der Waals surface area contributed by atoms with Crippen molar-refractivity contribution in [2.45, 2.75) is 11.1 Å². The van der Waals surface area contributed by atoms with E-state index in [1.165, 1.54) is 24.3 Å². The second-order valence-electron chi connectivity index (χ2n) is 4.11. The second kappa shape index (κ2) is 5.74. The van der Waals surface area contributed by atoms with Gasteiger partial charge in [-0.3, -0.25) is 4.72 Å². The fraction of sp³-hybridized carbons (Fsp3) is 0.0833. The molecular formula is C12H9BrFNO4S2. The predicted molar refractivity (Wildman–Crippen MR) is 80.9 cm³/mol. The topological polar surface area (TPSA) is 83.5 Å². The number of halogens is 2. The zero-order chi connectivity index (χ0) is 15.8. The molecule has 1 heterocycles. The van der Waals surface area contributed by atoms with E-state index in [0.717, 1.165) is 0 Å². The second-order valence-corrected chi connectivity index (χ2v) is 7.96. The molecule has 0 fully saturated rings. The number of sulfonamides is 1. The number of aryl methyl sites for hydroxylation is 1. The zero-order valence-electron chi connectivity index (χ0n) is 10.6. The van der Waals surface area contributed by atoms with Crippen LogP contribution in [0, 0.1) is 12.7 Å². The van der Waals surface area contributed by atoms with Crippen LogP contribution in [-0.2, 0) is 10.0 Å². The summed E-state index contributed by atoms with van der Waals surface area (Å²) >= 11 is 3.63. The SMILES string of the molecule is Cc1cc(F)c(Br)cc1NS(=O)(=O)c1ccc(C(=O)O)s1. The summed E-state index contributed by atoms with van der Waals surface area (Å²) in [6, 6.07) is 4.94. The van der Waals surface area contributed by atoms with Crippen LogP contribution in [0.1, 0.15) is 15.2 Å². The lowest BCUT2D eigenvalue weighted by Gasteiger charge is -2.10. The zero-order valence-corrected chi connectivity index (χ0v) is 13.8. The highest BCUT2D eigenvalue weighted by molar-refractivity contribution is 9.10. The molecule has 0 spiro atoms. The Labute approximate surface area is 132 Å². The summed E-state index contributed by atoms with van der Waals surface area (Å²) in [7, 11) is -3.92. The van der Waals surface area contributed by atoms with Gasteiger partial charge in [-0.25, -0.2) is 17.6 Å². The summed E-state index contributed by atoms with van der Waals surface area (Å²) in [5, 5.41) is 8.81. The molecule has 0 aliphatic carbocycles. The van der Waals surface area contributed by atoms with E-state index in [9.17, 15) is 17.6 Å². The number of carboxylic acids is 1. The summed E-state index contributed by atoms with van der Waals surface area (Å²) in [5.74, 6) is -1.69. The van der Waals surface area contributed by atoms with E-state index in [-0.39, 0.29) is 19.2 Å². The Morgan fingerprint density at radius 3 is 2.62 bits per heavy atom. The molecule has 2 rings (SSSR count). The summed E-state index contributed by atoms with van der Waals surface area (Å²) in [5.41, 5.74) is 0.628. The number of aromatic carboxylic acids is 1. The van der Waals surface area contributed by atoms with Crippen LogP contribution in [0.5, 0.6) is 0 Å². The van der Waals surface area contributed by atoms with E-state index >= 15 is 0 Å². The van der Waals surface area contributed by atoms with Crippen LogP contribution in [0.25, 0.3) is 0 Å². The molecule has 0 amide bonds. The minimum Gasteiger partial charge on any atom is -0.477 e. The van der Waals surface area contributed by atoms with Gasteiger partial charge in [0.15, 0.2) is 0 Å². The van der Waals surface area contributed by atoms with Crippen molar-refractivity contribution >= 4 is 48.9 Å². The highest BCUT2D eigenvalue weighted by atomic mass is 79.9. The maximum Gasteiger partial charge on any atom is 0.345 e. The number of carbonyl (C=O) groups is 1. The molecule has 0 radical (unpaired) electrons. The van der Waals surface area contributed by atoms with Crippen molar-refractivity contribution in [3.8, 4) is 0 Å². The van der Waals surface area contributed by atoms with Crippen molar-refractivity contribution in [1.82, 2.24) is 0 Å². The number of hydrogen-bond donors (Lipinski definition) is 2. The number of nitrogens with one attached hydrogen (secondary N) is 1. The molecule has 2 N–H and O–H groups in total. The quantitative estimate of drug-likeness (QED) is 0.832. The van der Waals surface area contributed by atoms with E-state index in [4.69, 9.17) is 5.11 Å². The van der Waals surface area contributed by atoms with E-state index in [0.29, 0.717) is 16.9 Å². The van der Waals surface area contributed by atoms with Gasteiger partial charge in [-0.05, 0) is 52.7 Å². The average Bonchev–Trinajstić information content (AvgIpc) is 2.86. The van der Waals surface area contributed by atoms with Gasteiger partial charge in [-0.1, -0.05) is 0 Å². The monoisotopic (exact) mass is 393 g/mol. The molecule has 5 nitrogen and oxygen atoms in total. The number of benzene rings is 1. The van der Waals surface area contributed by atoms with Gasteiger partial charge in [-0.2, -0.15) is 0 Å². The molecule has 21 heavy (non-hydrogen) atoms. The van der Waals surface area contributed by atoms with Crippen molar-refractivity contribution < 1.29 is 22.7 Å². The van der Waals surface area contributed by atoms with Gasteiger partial charge in [0.05, 0.1) is 10.2 Å². The molecule has 9 heteroatoms. The Hall–Kier alpha value is -1.45. The van der Waals surface area contributed by atoms with Crippen LogP contribution >= 0.6 is 27.3 Å². The standard InChI is InChI=1S/C12H9BrFNO4S2/c1-6-4-8(14)7(13)5-9(6)15-21(18,19)11-3-2-10(20-11)12(16)17/h2-5,15H,1H3,(H,16,17). The van der Waals surface area contributed by atoms with Crippen LogP contribution < -0.4 is 4.72 Å². The third-order valence-corrected chi connectivity index (χ3v) is 6.11. The van der Waals surface area contributed by atoms with E-state index in [1.807, 2.05) is 0 Å². The molecule has 2 aromatic rings. The highest BCUT2D eigenvalue weighted by Crippen LogP contribution is 2.28. The number of hydrogen-bond acceptors (Lipinski definition) is 4. The van der Waals surface area contributed by atoms with E-state index < -0.39 is 21.8 Å². The van der Waals surface area contributed by atoms with Crippen molar-refractivity contribution in [3.63, 3.8) is 0 Å². The first-order valence-electron chi connectivity index (χ1n) is 5.52. The van der Waals surface area contributed by atoms with Gasteiger partial charge >= 0.3 is 5.97 Å². The molecule has 0 unspecified atom stereocenters. The molecule has 0 saturated carbocycles. The van der Waals surface area contributed by atoms with Gasteiger partial charge in [0, 0.05) is 0 Å². The predicted octanol–water partition coefficient (Wildman–Crippen LogP) is 3.46. The molecule has 0 bridgehead atoms. The largest absolute Gasteiger partial charge is 0.477 e. The highest BCUT2D eigenvalue weighted by Gasteiger charge is 2.20. The molecular weight excluding hydrogens is 385 g/mol. The van der Waals surface area contributed by atoms with E-state index in [2.05, 4.69) is 20.7 Å². The van der Waals surface area contributed by atoms with Crippen LogP contribution in [0.3, 0.4) is 0 Å². The van der Waals surface area contributed by atoms with Gasteiger partial charge in [0.1, 0.15) is 14.9 Å². The van der Waals surface area contributed by atoms with E-state index in [1.54, 1.807) is 6.92 Å². The molecule has 0 aliphatic rings. The van der Waals surface area contributed by atoms with Crippen molar-refractivity contribution in [2.24, 2.45) is 0 Å². The minimum atomic E-state index is -3.92. The smallest absolute Gasteiger partial charge is 0.345 e. The maximum absolute atomic E-state index is 13.3. The molecule has 1 aromatic heterocycles. The Kier molecular flexibility index (Phi) is 4.35. The lowest BCUT2D eigenvalue weighted by molar-refractivity contribution is 0.0702. The Morgan fingerprint density at radius 1 is 1.38 bits per heavy atom. The number of carboxylic acid groups (broad SMARTS) is 1. The van der Waals surface area contributed by atoms with Gasteiger partial charge in [0.25, 0.3) is 10.0 Å². The molecule has 0 atom stereocenters. The molecule has 0 aliphatic heterocycles. The van der Waals surface area contributed by atoms with Crippen molar-refractivity contribution in [3.05, 3.63) is 45.0 Å². The minimum absolute atomic E-state index is 0.0765. The Balaban J connectivity index is 2.37. The summed E-state index contributed by atoms with van der Waals surface area (Å²) in [4.78, 5) is 10.7. The Morgan fingerprint density at radius 2 is 2.05 bits per heavy atom. The van der Waals surface area contributed by atoms with Gasteiger partial charge in [0.2, 0.25) is 0 Å². The fourth-order valence-electron chi connectivity index (χ4n) is 1.53.